The molecule has 2 rings (SSSR count). The summed E-state index contributed by atoms with van der Waals surface area (Å²) in [6.07, 6.45) is 3.06. The molecule has 1 aliphatic rings. The number of amides is 3. The highest BCUT2D eigenvalue weighted by molar-refractivity contribution is 7.85. The molecule has 12 heteroatoms. The third kappa shape index (κ3) is 8.15. The third-order valence-corrected chi connectivity index (χ3v) is 5.65. The van der Waals surface area contributed by atoms with Gasteiger partial charge in [0.15, 0.2) is 0 Å². The first-order valence-electron chi connectivity index (χ1n) is 10.6. The Kier molecular flexibility index (Phi) is 9.82. The Morgan fingerprint density at radius 1 is 1.24 bits per heavy atom. The summed E-state index contributed by atoms with van der Waals surface area (Å²) in [5.41, 5.74) is 7.19. The van der Waals surface area contributed by atoms with Crippen LogP contribution in [0.4, 0.5) is 10.5 Å². The molecule has 0 unspecified atom stereocenters. The Morgan fingerprint density at radius 2 is 1.97 bits per heavy atom. The van der Waals surface area contributed by atoms with Crippen LogP contribution in [0.2, 0.25) is 0 Å². The molecule has 0 aliphatic carbocycles. The molecule has 1 aromatic rings. The van der Waals surface area contributed by atoms with Crippen molar-refractivity contribution in [1.29, 1.82) is 0 Å². The number of ether oxygens (including phenoxy) is 1. The van der Waals surface area contributed by atoms with E-state index in [0.717, 1.165) is 6.42 Å². The van der Waals surface area contributed by atoms with Crippen molar-refractivity contribution in [1.82, 2.24) is 15.5 Å². The molecule has 0 saturated heterocycles. The number of benzene rings is 1. The van der Waals surface area contributed by atoms with Crippen molar-refractivity contribution in [3.8, 4) is 0 Å². The Labute approximate surface area is 193 Å². The zero-order valence-electron chi connectivity index (χ0n) is 18.8. The van der Waals surface area contributed by atoms with E-state index in [1.165, 1.54) is 18.2 Å². The van der Waals surface area contributed by atoms with E-state index in [-0.39, 0.29) is 34.8 Å². The molecule has 0 saturated carbocycles. The Balaban J connectivity index is 2.08. The molecule has 11 nitrogen and oxygen atoms in total. The van der Waals surface area contributed by atoms with Crippen molar-refractivity contribution in [2.24, 2.45) is 10.7 Å². The molecule has 1 aromatic carbocycles. The normalized spacial score (nSPS) is 13.3. The van der Waals surface area contributed by atoms with Crippen molar-refractivity contribution in [2.75, 3.05) is 39.9 Å². The number of nitrogens with one attached hydrogen (secondary N) is 2. The van der Waals surface area contributed by atoms with Crippen molar-refractivity contribution in [3.63, 3.8) is 0 Å². The first-order valence-corrected chi connectivity index (χ1v) is 12.0. The summed E-state index contributed by atoms with van der Waals surface area (Å²) in [4.78, 5) is 30.5. The van der Waals surface area contributed by atoms with Crippen LogP contribution >= 0.6 is 0 Å². The Hall–Kier alpha value is -2.96. The molecule has 0 aromatic heterocycles. The predicted molar refractivity (Wildman–Crippen MR) is 125 cm³/mol. The number of urea groups is 1. The van der Waals surface area contributed by atoms with Crippen molar-refractivity contribution in [3.05, 3.63) is 29.3 Å². The van der Waals surface area contributed by atoms with Crippen LogP contribution < -0.4 is 16.4 Å². The van der Waals surface area contributed by atoms with E-state index in [1.807, 2.05) is 6.92 Å². The van der Waals surface area contributed by atoms with Crippen molar-refractivity contribution >= 4 is 39.7 Å². The molecule has 5 N–H and O–H groups in total. The molecule has 1 aliphatic heterocycles. The van der Waals surface area contributed by atoms with Crippen LogP contribution in [0.15, 0.2) is 33.7 Å². The fourth-order valence-corrected chi connectivity index (χ4v) is 3.76. The highest BCUT2D eigenvalue weighted by atomic mass is 32.2. The number of carbonyl (C=O) groups is 2. The van der Waals surface area contributed by atoms with E-state index in [4.69, 9.17) is 10.5 Å². The summed E-state index contributed by atoms with van der Waals surface area (Å²) in [5.74, 6) is -0.0436. The van der Waals surface area contributed by atoms with E-state index >= 15 is 0 Å². The highest BCUT2D eigenvalue weighted by Crippen LogP contribution is 2.29. The second-order valence-corrected chi connectivity index (χ2v) is 8.89. The van der Waals surface area contributed by atoms with Crippen LogP contribution in [0.1, 0.15) is 31.7 Å². The Bertz CT molecular complexity index is 1020. The van der Waals surface area contributed by atoms with Crippen molar-refractivity contribution < 1.29 is 27.3 Å². The van der Waals surface area contributed by atoms with Gasteiger partial charge < -0.3 is 26.0 Å². The first kappa shape index (κ1) is 26.3. The van der Waals surface area contributed by atoms with Gasteiger partial charge in [-0.2, -0.15) is 8.42 Å². The molecule has 0 bridgehead atoms. The molecule has 0 spiro atoms. The van der Waals surface area contributed by atoms with E-state index in [2.05, 4.69) is 15.6 Å². The van der Waals surface area contributed by atoms with Crippen molar-refractivity contribution in [2.45, 2.75) is 31.1 Å². The van der Waals surface area contributed by atoms with E-state index < -0.39 is 10.1 Å². The minimum atomic E-state index is -4.39. The smallest absolute Gasteiger partial charge is 0.314 e. The van der Waals surface area contributed by atoms with E-state index in [1.54, 1.807) is 18.1 Å². The van der Waals surface area contributed by atoms with Gasteiger partial charge in [0, 0.05) is 50.8 Å². The zero-order chi connectivity index (χ0) is 24.4. The molecular formula is C21H31N5O6S. The maximum atomic E-state index is 13.2. The number of nitrogens with zero attached hydrogens (tertiary/aromatic N) is 2. The average Bonchev–Trinajstić information content (AvgIpc) is 2.92. The maximum Gasteiger partial charge on any atom is 0.314 e. The summed E-state index contributed by atoms with van der Waals surface area (Å²) in [6, 6.07) is 3.65. The standard InChI is InChI=1S/C21H31N5O6S/c1-3-9-26(10-4-7-23-21(28)24-8-11-32-2)20(27)16-12-15-5-6-17(33(29,30)31)14-18(15)25-19(22)13-16/h5-6,12,14H,3-4,7-11,13H2,1-2H3,(H2,22,25)(H2,23,24,28)(H,29,30,31). The second kappa shape index (κ2) is 12.3. The van der Waals surface area contributed by atoms with Crippen LogP contribution in [0.3, 0.4) is 0 Å². The molecule has 0 radical (unpaired) electrons. The van der Waals surface area contributed by atoms with E-state index in [9.17, 15) is 22.6 Å². The number of amidine groups is 1. The number of hydrogen-bond acceptors (Lipinski definition) is 7. The van der Waals surface area contributed by atoms with Crippen LogP contribution in [0.25, 0.3) is 6.08 Å². The third-order valence-electron chi connectivity index (χ3n) is 4.80. The molecule has 3 amide bonds. The summed E-state index contributed by atoms with van der Waals surface area (Å²) in [6.45, 7) is 4.16. The van der Waals surface area contributed by atoms with Gasteiger partial charge in [-0.25, -0.2) is 9.79 Å². The maximum absolute atomic E-state index is 13.2. The largest absolute Gasteiger partial charge is 0.387 e. The molecule has 0 fully saturated rings. The number of carbonyl (C=O) groups excluding carboxylic acids is 2. The number of aliphatic imine (C=N–C) groups is 1. The van der Waals surface area contributed by atoms with Crippen LogP contribution in [-0.2, 0) is 19.6 Å². The first-order chi connectivity index (χ1) is 15.7. The van der Waals surface area contributed by atoms with Crippen LogP contribution in [-0.4, -0.2) is 75.5 Å². The molecule has 0 atom stereocenters. The summed E-state index contributed by atoms with van der Waals surface area (Å²) in [7, 11) is -2.84. The van der Waals surface area contributed by atoms with Gasteiger partial charge in [-0.3, -0.25) is 9.35 Å². The number of fused-ring (bicyclic) bond motifs is 1. The molecule has 33 heavy (non-hydrogen) atoms. The minimum absolute atomic E-state index is 0.106. The monoisotopic (exact) mass is 481 g/mol. The molecule has 182 valence electrons. The van der Waals surface area contributed by atoms with Gasteiger partial charge in [-0.05, 0) is 31.1 Å². The number of methoxy groups -OCH3 is 1. The second-order valence-electron chi connectivity index (χ2n) is 7.47. The number of rotatable bonds is 11. The summed E-state index contributed by atoms with van der Waals surface area (Å²) < 4.78 is 37.0. The lowest BCUT2D eigenvalue weighted by Gasteiger charge is -2.23. The molecular weight excluding hydrogens is 450 g/mol. The summed E-state index contributed by atoms with van der Waals surface area (Å²) in [5, 5.41) is 5.40. The highest BCUT2D eigenvalue weighted by Gasteiger charge is 2.22. The topological polar surface area (TPSA) is 163 Å². The quantitative estimate of drug-likeness (QED) is 0.273. The van der Waals surface area contributed by atoms with Crippen LogP contribution in [0, 0.1) is 0 Å². The summed E-state index contributed by atoms with van der Waals surface area (Å²) >= 11 is 0. The number of hydrogen-bond donors (Lipinski definition) is 4. The predicted octanol–water partition coefficient (Wildman–Crippen LogP) is 1.28. The average molecular weight is 482 g/mol. The lowest BCUT2D eigenvalue weighted by atomic mass is 10.1. The fraction of sp³-hybridized carbons (Fsp3) is 0.476. The fourth-order valence-electron chi connectivity index (χ4n) is 3.26. The van der Waals surface area contributed by atoms with Gasteiger partial charge in [0.2, 0.25) is 5.91 Å². The Morgan fingerprint density at radius 3 is 2.64 bits per heavy atom. The van der Waals surface area contributed by atoms with Gasteiger partial charge >= 0.3 is 6.03 Å². The van der Waals surface area contributed by atoms with Gasteiger partial charge in [0.25, 0.3) is 10.1 Å². The zero-order valence-corrected chi connectivity index (χ0v) is 19.7. The lowest BCUT2D eigenvalue weighted by molar-refractivity contribution is -0.127. The van der Waals surface area contributed by atoms with Crippen LogP contribution in [0.5, 0.6) is 0 Å². The van der Waals surface area contributed by atoms with Gasteiger partial charge in [0.1, 0.15) is 5.84 Å². The molecule has 1 heterocycles. The van der Waals surface area contributed by atoms with Gasteiger partial charge in [-0.1, -0.05) is 13.0 Å². The van der Waals surface area contributed by atoms with E-state index in [0.29, 0.717) is 50.3 Å². The SMILES string of the molecule is CCCN(CCCNC(=O)NCCOC)C(=O)C1=Cc2ccc(S(=O)(=O)O)cc2N=C(N)C1. The number of nitrogens with two attached hydrogens (primary N) is 1. The minimum Gasteiger partial charge on any atom is -0.387 e. The lowest BCUT2D eigenvalue weighted by Crippen LogP contribution is -2.40. The van der Waals surface area contributed by atoms with Gasteiger partial charge in [0.05, 0.1) is 17.2 Å². The van der Waals surface area contributed by atoms with Gasteiger partial charge in [-0.15, -0.1) is 0 Å².